The van der Waals surface area contributed by atoms with Crippen molar-refractivity contribution in [3.8, 4) is 17.2 Å². The average Bonchev–Trinajstić information content (AvgIpc) is 2.47. The van der Waals surface area contributed by atoms with Crippen LogP contribution in [0.5, 0.6) is 17.2 Å². The van der Waals surface area contributed by atoms with Gasteiger partial charge in [0.05, 0.1) is 19.1 Å². The number of aromatic nitrogens is 1. The number of phenols is 2. The first-order valence-electron chi connectivity index (χ1n) is 6.85. The van der Waals surface area contributed by atoms with Gasteiger partial charge in [0.25, 0.3) is 5.56 Å². The second-order valence-electron chi connectivity index (χ2n) is 5.16. The second kappa shape index (κ2) is 6.43. The third-order valence-electron chi connectivity index (χ3n) is 3.53. The molecular formula is C16H17NO6. The molecule has 0 aliphatic heterocycles. The summed E-state index contributed by atoms with van der Waals surface area (Å²) in [6.45, 7) is 1.62. The van der Waals surface area contributed by atoms with E-state index in [4.69, 9.17) is 0 Å². The Hall–Kier alpha value is -2.96. The Kier molecular flexibility index (Phi) is 4.59. The molecule has 0 aliphatic carbocycles. The number of benzene rings is 1. The molecule has 1 aromatic heterocycles. The van der Waals surface area contributed by atoms with Crippen molar-refractivity contribution in [3.63, 3.8) is 0 Å². The van der Waals surface area contributed by atoms with Gasteiger partial charge in [-0.25, -0.2) is 0 Å². The fraction of sp³-hybridized carbons (Fsp3) is 0.250. The van der Waals surface area contributed by atoms with Crippen LogP contribution in [-0.4, -0.2) is 33.4 Å². The standard InChI is InChI=1S/C16H17NO6/c1-8-5-13(20)15(16(22)17-8)10(7-14(21)23-2)9-3-4-11(18)12(19)6-9/h3-6,10,18-19H,7H2,1-2H3,(H2,17,20,22). The van der Waals surface area contributed by atoms with Crippen LogP contribution in [0.25, 0.3) is 0 Å². The molecule has 1 aromatic carbocycles. The zero-order valence-corrected chi connectivity index (χ0v) is 12.7. The number of methoxy groups -OCH3 is 1. The quantitative estimate of drug-likeness (QED) is 0.501. The Morgan fingerprint density at radius 3 is 2.43 bits per heavy atom. The lowest BCUT2D eigenvalue weighted by atomic mass is 9.88. The van der Waals surface area contributed by atoms with Crippen LogP contribution in [0.3, 0.4) is 0 Å². The van der Waals surface area contributed by atoms with E-state index in [1.54, 1.807) is 6.92 Å². The number of rotatable bonds is 4. The topological polar surface area (TPSA) is 120 Å². The highest BCUT2D eigenvalue weighted by Crippen LogP contribution is 2.35. The first-order chi connectivity index (χ1) is 10.8. The zero-order chi connectivity index (χ0) is 17.1. The highest BCUT2D eigenvalue weighted by Gasteiger charge is 2.25. The summed E-state index contributed by atoms with van der Waals surface area (Å²) >= 11 is 0. The predicted octanol–water partition coefficient (Wildman–Crippen LogP) is 1.50. The first kappa shape index (κ1) is 16.4. The largest absolute Gasteiger partial charge is 0.507 e. The number of aromatic hydroxyl groups is 3. The number of carbonyl (C=O) groups is 1. The van der Waals surface area contributed by atoms with Gasteiger partial charge in [-0.05, 0) is 30.7 Å². The van der Waals surface area contributed by atoms with E-state index in [1.165, 1.54) is 31.4 Å². The maximum atomic E-state index is 12.2. The van der Waals surface area contributed by atoms with Crippen LogP contribution >= 0.6 is 0 Å². The third kappa shape index (κ3) is 3.45. The Balaban J connectivity index is 2.61. The predicted molar refractivity (Wildman–Crippen MR) is 81.7 cm³/mol. The SMILES string of the molecule is COC(=O)CC(c1ccc(O)c(O)c1)c1c(O)cc(C)[nH]c1=O. The van der Waals surface area contributed by atoms with Gasteiger partial charge in [-0.3, -0.25) is 9.59 Å². The van der Waals surface area contributed by atoms with Crippen LogP contribution < -0.4 is 5.56 Å². The molecule has 1 atom stereocenters. The van der Waals surface area contributed by atoms with E-state index in [-0.39, 0.29) is 29.2 Å². The fourth-order valence-electron chi connectivity index (χ4n) is 2.41. The van der Waals surface area contributed by atoms with Crippen molar-refractivity contribution < 1.29 is 24.9 Å². The summed E-state index contributed by atoms with van der Waals surface area (Å²) in [5.74, 6) is -2.39. The van der Waals surface area contributed by atoms with Crippen LogP contribution in [0.1, 0.15) is 29.2 Å². The smallest absolute Gasteiger partial charge is 0.306 e. The number of carbonyl (C=O) groups excluding carboxylic acids is 1. The van der Waals surface area contributed by atoms with Gasteiger partial charge in [-0.1, -0.05) is 6.07 Å². The summed E-state index contributed by atoms with van der Waals surface area (Å²) in [6.07, 6.45) is -0.208. The Morgan fingerprint density at radius 2 is 1.87 bits per heavy atom. The maximum Gasteiger partial charge on any atom is 0.306 e. The maximum absolute atomic E-state index is 12.2. The number of ether oxygens (including phenoxy) is 1. The molecule has 4 N–H and O–H groups in total. The lowest BCUT2D eigenvalue weighted by Gasteiger charge is -2.18. The van der Waals surface area contributed by atoms with Crippen LogP contribution in [0, 0.1) is 6.92 Å². The molecule has 0 bridgehead atoms. The number of hydrogen-bond acceptors (Lipinski definition) is 6. The number of esters is 1. The molecule has 0 spiro atoms. The van der Waals surface area contributed by atoms with Crippen LogP contribution in [-0.2, 0) is 9.53 Å². The van der Waals surface area contributed by atoms with E-state index in [1.807, 2.05) is 0 Å². The molecule has 0 fully saturated rings. The zero-order valence-electron chi connectivity index (χ0n) is 12.7. The normalized spacial score (nSPS) is 11.9. The highest BCUT2D eigenvalue weighted by molar-refractivity contribution is 5.71. The van der Waals surface area contributed by atoms with Gasteiger partial charge in [-0.15, -0.1) is 0 Å². The molecule has 0 aliphatic rings. The molecule has 1 heterocycles. The van der Waals surface area contributed by atoms with Gasteiger partial charge in [0.15, 0.2) is 11.5 Å². The Morgan fingerprint density at radius 1 is 1.17 bits per heavy atom. The molecular weight excluding hydrogens is 302 g/mol. The van der Waals surface area contributed by atoms with E-state index in [9.17, 15) is 24.9 Å². The third-order valence-corrected chi connectivity index (χ3v) is 3.53. The molecule has 0 amide bonds. The molecule has 0 radical (unpaired) electrons. The van der Waals surface area contributed by atoms with Crippen molar-refractivity contribution in [2.24, 2.45) is 0 Å². The molecule has 2 rings (SSSR count). The average molecular weight is 319 g/mol. The molecule has 7 nitrogen and oxygen atoms in total. The van der Waals surface area contributed by atoms with Gasteiger partial charge in [0.1, 0.15) is 5.75 Å². The number of H-pyrrole nitrogens is 1. The number of nitrogens with one attached hydrogen (secondary N) is 1. The van der Waals surface area contributed by atoms with E-state index in [2.05, 4.69) is 9.72 Å². The summed E-state index contributed by atoms with van der Waals surface area (Å²) in [6, 6.07) is 5.32. The summed E-state index contributed by atoms with van der Waals surface area (Å²) < 4.78 is 4.64. The van der Waals surface area contributed by atoms with Crippen LogP contribution in [0.15, 0.2) is 29.1 Å². The van der Waals surface area contributed by atoms with Crippen molar-refractivity contribution in [3.05, 3.63) is 51.4 Å². The Labute approximate surface area is 131 Å². The Bertz CT molecular complexity index is 796. The number of aryl methyl sites for hydroxylation is 1. The molecule has 7 heteroatoms. The molecule has 1 unspecified atom stereocenters. The lowest BCUT2D eigenvalue weighted by molar-refractivity contribution is -0.140. The van der Waals surface area contributed by atoms with Crippen molar-refractivity contribution in [2.75, 3.05) is 7.11 Å². The van der Waals surface area contributed by atoms with E-state index in [0.717, 1.165) is 0 Å². The first-order valence-corrected chi connectivity index (χ1v) is 6.85. The van der Waals surface area contributed by atoms with E-state index < -0.39 is 17.4 Å². The summed E-state index contributed by atoms with van der Waals surface area (Å²) in [4.78, 5) is 26.5. The summed E-state index contributed by atoms with van der Waals surface area (Å²) in [5.41, 5.74) is 0.312. The van der Waals surface area contributed by atoms with Gasteiger partial charge < -0.3 is 25.0 Å². The number of hydrogen-bond donors (Lipinski definition) is 4. The minimum absolute atomic E-state index is 0.00825. The number of aromatic amines is 1. The van der Waals surface area contributed by atoms with Crippen LogP contribution in [0.4, 0.5) is 0 Å². The van der Waals surface area contributed by atoms with E-state index in [0.29, 0.717) is 11.3 Å². The van der Waals surface area contributed by atoms with Gasteiger partial charge in [-0.2, -0.15) is 0 Å². The molecule has 23 heavy (non-hydrogen) atoms. The van der Waals surface area contributed by atoms with Crippen molar-refractivity contribution in [1.29, 1.82) is 0 Å². The van der Waals surface area contributed by atoms with Crippen molar-refractivity contribution >= 4 is 5.97 Å². The monoisotopic (exact) mass is 319 g/mol. The van der Waals surface area contributed by atoms with Crippen molar-refractivity contribution in [1.82, 2.24) is 4.98 Å². The molecule has 0 saturated heterocycles. The van der Waals surface area contributed by atoms with Gasteiger partial charge in [0.2, 0.25) is 0 Å². The summed E-state index contributed by atoms with van der Waals surface area (Å²) in [7, 11) is 1.22. The number of pyridine rings is 1. The second-order valence-corrected chi connectivity index (χ2v) is 5.16. The molecule has 0 saturated carbocycles. The number of phenolic OH excluding ortho intramolecular Hbond substituents is 2. The van der Waals surface area contributed by atoms with Gasteiger partial charge in [0, 0.05) is 11.6 Å². The molecule has 2 aromatic rings. The minimum Gasteiger partial charge on any atom is -0.507 e. The fourth-order valence-corrected chi connectivity index (χ4v) is 2.41. The van der Waals surface area contributed by atoms with E-state index >= 15 is 0 Å². The van der Waals surface area contributed by atoms with Crippen molar-refractivity contribution in [2.45, 2.75) is 19.3 Å². The van der Waals surface area contributed by atoms with Crippen LogP contribution in [0.2, 0.25) is 0 Å². The highest BCUT2D eigenvalue weighted by atomic mass is 16.5. The summed E-state index contributed by atoms with van der Waals surface area (Å²) in [5, 5.41) is 29.2. The van der Waals surface area contributed by atoms with Gasteiger partial charge >= 0.3 is 5.97 Å². The lowest BCUT2D eigenvalue weighted by Crippen LogP contribution is -2.20. The minimum atomic E-state index is -0.835. The molecule has 122 valence electrons.